The van der Waals surface area contributed by atoms with Gasteiger partial charge in [0.05, 0.1) is 12.6 Å². The zero-order valence-corrected chi connectivity index (χ0v) is 15.1. The smallest absolute Gasteiger partial charge is 0.275 e. The summed E-state index contributed by atoms with van der Waals surface area (Å²) in [6.07, 6.45) is 7.31. The van der Waals surface area contributed by atoms with Gasteiger partial charge in [-0.3, -0.25) is 14.7 Å². The van der Waals surface area contributed by atoms with E-state index < -0.39 is 6.17 Å². The van der Waals surface area contributed by atoms with E-state index in [0.717, 1.165) is 56.2 Å². The van der Waals surface area contributed by atoms with E-state index in [-0.39, 0.29) is 36.7 Å². The first-order valence-corrected chi connectivity index (χ1v) is 9.92. The van der Waals surface area contributed by atoms with Crippen LogP contribution >= 0.6 is 0 Å². The highest BCUT2D eigenvalue weighted by Crippen LogP contribution is 2.28. The van der Waals surface area contributed by atoms with E-state index in [1.165, 1.54) is 6.42 Å². The summed E-state index contributed by atoms with van der Waals surface area (Å²) in [5.74, 6) is -0.0772. The van der Waals surface area contributed by atoms with Gasteiger partial charge in [0, 0.05) is 30.1 Å². The van der Waals surface area contributed by atoms with Crippen molar-refractivity contribution in [2.75, 3.05) is 13.1 Å². The van der Waals surface area contributed by atoms with Crippen molar-refractivity contribution in [3.8, 4) is 0 Å². The van der Waals surface area contributed by atoms with Gasteiger partial charge in [0.25, 0.3) is 5.91 Å². The number of fused-ring (bicyclic) bond motifs is 1. The number of nitrogens with one attached hydrogen (secondary N) is 2. The number of nitrogens with zero attached hydrogens (tertiary/aromatic N) is 2. The molecule has 2 fully saturated rings. The fourth-order valence-corrected chi connectivity index (χ4v) is 4.66. The second kappa shape index (κ2) is 7.37. The molecule has 1 aromatic heterocycles. The first-order chi connectivity index (χ1) is 12.6. The zero-order valence-electron chi connectivity index (χ0n) is 15.1. The van der Waals surface area contributed by atoms with Crippen LogP contribution < -0.4 is 5.32 Å². The molecule has 4 rings (SSSR count). The Balaban J connectivity index is 1.40. The Morgan fingerprint density at radius 2 is 2.00 bits per heavy atom. The summed E-state index contributed by atoms with van der Waals surface area (Å²) in [6.45, 7) is 0.415. The molecule has 1 saturated heterocycles. The minimum atomic E-state index is -1.04. The topological polar surface area (TPSA) is 78.1 Å². The summed E-state index contributed by atoms with van der Waals surface area (Å²) in [5, 5.41) is 10.1. The largest absolute Gasteiger partial charge is 0.354 e. The third kappa shape index (κ3) is 3.35. The molecular formula is C19H27FN4O2. The fourth-order valence-electron chi connectivity index (χ4n) is 4.66. The van der Waals surface area contributed by atoms with Crippen LogP contribution in [-0.2, 0) is 17.6 Å². The Labute approximate surface area is 152 Å². The minimum absolute atomic E-state index is 0.0556. The van der Waals surface area contributed by atoms with Crippen molar-refractivity contribution < 1.29 is 14.0 Å². The van der Waals surface area contributed by atoms with Gasteiger partial charge in [-0.2, -0.15) is 5.10 Å². The molecule has 0 spiro atoms. The number of hydrogen-bond donors (Lipinski definition) is 2. The molecule has 2 amide bonds. The maximum atomic E-state index is 14.0. The molecule has 26 heavy (non-hydrogen) atoms. The van der Waals surface area contributed by atoms with Crippen molar-refractivity contribution in [1.29, 1.82) is 0 Å². The Morgan fingerprint density at radius 3 is 2.81 bits per heavy atom. The summed E-state index contributed by atoms with van der Waals surface area (Å²) in [5.41, 5.74) is 2.46. The van der Waals surface area contributed by atoms with Gasteiger partial charge < -0.3 is 10.2 Å². The van der Waals surface area contributed by atoms with Gasteiger partial charge in [0.15, 0.2) is 5.69 Å². The monoisotopic (exact) mass is 362 g/mol. The predicted octanol–water partition coefficient (Wildman–Crippen LogP) is 2.15. The quantitative estimate of drug-likeness (QED) is 0.861. The van der Waals surface area contributed by atoms with E-state index in [4.69, 9.17) is 0 Å². The summed E-state index contributed by atoms with van der Waals surface area (Å²) in [7, 11) is 0. The van der Waals surface area contributed by atoms with Gasteiger partial charge in [-0.05, 0) is 32.1 Å². The SMILES string of the molecule is O=C(NCC1CC(F)CN1C(=O)c1n[nH]c2c1CCC2)C1CCCCC1. The zero-order chi connectivity index (χ0) is 18.1. The summed E-state index contributed by atoms with van der Waals surface area (Å²) >= 11 is 0. The number of likely N-dealkylation sites (tertiary alicyclic amines) is 1. The van der Waals surface area contributed by atoms with Gasteiger partial charge in [-0.25, -0.2) is 4.39 Å². The number of aromatic nitrogens is 2. The molecule has 2 heterocycles. The van der Waals surface area contributed by atoms with Gasteiger partial charge in [0.1, 0.15) is 6.17 Å². The lowest BCUT2D eigenvalue weighted by molar-refractivity contribution is -0.126. The lowest BCUT2D eigenvalue weighted by Crippen LogP contribution is -2.45. The Hall–Kier alpha value is -1.92. The van der Waals surface area contributed by atoms with Gasteiger partial charge in [-0.15, -0.1) is 0 Å². The average molecular weight is 362 g/mol. The van der Waals surface area contributed by atoms with Crippen LogP contribution in [0.5, 0.6) is 0 Å². The minimum Gasteiger partial charge on any atom is -0.354 e. The lowest BCUT2D eigenvalue weighted by atomic mass is 9.88. The number of carbonyl (C=O) groups excluding carboxylic acids is 2. The standard InChI is InChI=1S/C19H27FN4O2/c20-13-9-14(10-21-18(25)12-5-2-1-3-6-12)24(11-13)19(26)17-15-7-4-8-16(15)22-23-17/h12-14H,1-11H2,(H,21,25)(H,22,23). The summed E-state index contributed by atoms with van der Waals surface area (Å²) < 4.78 is 14.0. The molecule has 2 unspecified atom stereocenters. The number of alkyl halides is 1. The number of halogens is 1. The second-order valence-corrected chi connectivity index (χ2v) is 7.91. The second-order valence-electron chi connectivity index (χ2n) is 7.91. The van der Waals surface area contributed by atoms with Crippen molar-refractivity contribution in [1.82, 2.24) is 20.4 Å². The molecule has 0 radical (unpaired) electrons. The van der Waals surface area contributed by atoms with Crippen molar-refractivity contribution in [2.24, 2.45) is 5.92 Å². The van der Waals surface area contributed by atoms with Crippen LogP contribution in [0, 0.1) is 5.92 Å². The van der Waals surface area contributed by atoms with Crippen LogP contribution in [0.2, 0.25) is 0 Å². The first kappa shape index (κ1) is 17.5. The summed E-state index contributed by atoms with van der Waals surface area (Å²) in [6, 6.07) is -0.293. The number of rotatable bonds is 4. The van der Waals surface area contributed by atoms with Crippen LogP contribution in [0.15, 0.2) is 0 Å². The number of H-pyrrole nitrogens is 1. The third-order valence-corrected chi connectivity index (χ3v) is 6.12. The average Bonchev–Trinajstić information content (AvgIpc) is 3.35. The van der Waals surface area contributed by atoms with Gasteiger partial charge in [0.2, 0.25) is 5.91 Å². The summed E-state index contributed by atoms with van der Waals surface area (Å²) in [4.78, 5) is 26.9. The number of amides is 2. The molecule has 0 aromatic carbocycles. The molecule has 2 N–H and O–H groups in total. The molecule has 1 saturated carbocycles. The molecule has 3 aliphatic rings. The van der Waals surface area contributed by atoms with Crippen molar-refractivity contribution in [3.63, 3.8) is 0 Å². The molecule has 7 heteroatoms. The maximum absolute atomic E-state index is 14.0. The predicted molar refractivity (Wildman–Crippen MR) is 94.5 cm³/mol. The first-order valence-electron chi connectivity index (χ1n) is 9.92. The van der Waals surface area contributed by atoms with E-state index >= 15 is 0 Å². The van der Waals surface area contributed by atoms with Gasteiger partial charge >= 0.3 is 0 Å². The number of carbonyl (C=O) groups is 2. The molecule has 0 bridgehead atoms. The van der Waals surface area contributed by atoms with Crippen LogP contribution in [0.25, 0.3) is 0 Å². The van der Waals surface area contributed by atoms with E-state index in [1.54, 1.807) is 4.90 Å². The number of hydrogen-bond acceptors (Lipinski definition) is 3. The highest BCUT2D eigenvalue weighted by atomic mass is 19.1. The highest BCUT2D eigenvalue weighted by Gasteiger charge is 2.38. The van der Waals surface area contributed by atoms with Crippen LogP contribution in [0.4, 0.5) is 4.39 Å². The highest BCUT2D eigenvalue weighted by molar-refractivity contribution is 5.94. The molecule has 2 aliphatic carbocycles. The maximum Gasteiger partial charge on any atom is 0.275 e. The fraction of sp³-hybridized carbons (Fsp3) is 0.737. The van der Waals surface area contributed by atoms with Crippen LogP contribution in [0.3, 0.4) is 0 Å². The van der Waals surface area contributed by atoms with Crippen molar-refractivity contribution >= 4 is 11.8 Å². The third-order valence-electron chi connectivity index (χ3n) is 6.12. The Bertz CT molecular complexity index is 683. The van der Waals surface area contributed by atoms with Crippen molar-refractivity contribution in [2.45, 2.75) is 70.0 Å². The van der Waals surface area contributed by atoms with E-state index in [9.17, 15) is 14.0 Å². The lowest BCUT2D eigenvalue weighted by Gasteiger charge is -2.26. The Morgan fingerprint density at radius 1 is 1.19 bits per heavy atom. The van der Waals surface area contributed by atoms with Gasteiger partial charge in [-0.1, -0.05) is 19.3 Å². The van der Waals surface area contributed by atoms with E-state index in [1.807, 2.05) is 0 Å². The van der Waals surface area contributed by atoms with E-state index in [0.29, 0.717) is 12.2 Å². The number of aromatic amines is 1. The van der Waals surface area contributed by atoms with E-state index in [2.05, 4.69) is 15.5 Å². The Kier molecular flexibility index (Phi) is 4.96. The number of aryl methyl sites for hydroxylation is 1. The molecule has 142 valence electrons. The van der Waals surface area contributed by atoms with Crippen LogP contribution in [-0.4, -0.2) is 52.2 Å². The normalized spacial score (nSPS) is 26.1. The molecule has 1 aliphatic heterocycles. The molecule has 2 atom stereocenters. The molecule has 1 aromatic rings. The van der Waals surface area contributed by atoms with Crippen molar-refractivity contribution in [3.05, 3.63) is 17.0 Å². The van der Waals surface area contributed by atoms with Crippen LogP contribution in [0.1, 0.15) is 66.7 Å². The molecular weight excluding hydrogens is 335 g/mol. The molecule has 6 nitrogen and oxygen atoms in total.